The summed E-state index contributed by atoms with van der Waals surface area (Å²) in [5.41, 5.74) is 6.96. The molecule has 1 aromatic carbocycles. The average molecular weight is 280 g/mol. The van der Waals surface area contributed by atoms with Gasteiger partial charge < -0.3 is 10.8 Å². The molecule has 0 aliphatic heterocycles. The molecule has 0 radical (unpaired) electrons. The zero-order valence-electron chi connectivity index (χ0n) is 10.0. The van der Waals surface area contributed by atoms with Crippen LogP contribution in [0.4, 0.5) is 4.39 Å². The van der Waals surface area contributed by atoms with Crippen molar-refractivity contribution in [3.8, 4) is 0 Å². The second kappa shape index (κ2) is 5.46. The van der Waals surface area contributed by atoms with Crippen LogP contribution in [0.15, 0.2) is 35.2 Å². The van der Waals surface area contributed by atoms with Crippen LogP contribution in [0, 0.1) is 5.82 Å². The Hall–Kier alpha value is -1.79. The average Bonchev–Trinajstić information content (AvgIpc) is 2.88. The predicted molar refractivity (Wildman–Crippen MR) is 70.6 cm³/mol. The minimum atomic E-state index is -1.35. The maximum Gasteiger partial charge on any atom is 0.315 e. The number of thiazole rings is 1. The number of aliphatic carboxylic acids is 1. The first-order valence-electron chi connectivity index (χ1n) is 5.65. The molecule has 1 atom stereocenters. The lowest BCUT2D eigenvalue weighted by Gasteiger charge is -2.27. The van der Waals surface area contributed by atoms with Crippen LogP contribution >= 0.6 is 11.3 Å². The molecule has 100 valence electrons. The number of aromatic nitrogens is 1. The van der Waals surface area contributed by atoms with E-state index in [0.717, 1.165) is 0 Å². The van der Waals surface area contributed by atoms with Crippen LogP contribution in [0.25, 0.3) is 0 Å². The largest absolute Gasteiger partial charge is 0.481 e. The maximum absolute atomic E-state index is 13.3. The molecule has 0 fully saturated rings. The summed E-state index contributed by atoms with van der Waals surface area (Å²) in [5.74, 6) is -1.55. The van der Waals surface area contributed by atoms with Gasteiger partial charge in [0.25, 0.3) is 0 Å². The Balaban J connectivity index is 2.47. The van der Waals surface area contributed by atoms with E-state index >= 15 is 0 Å². The highest BCUT2D eigenvalue weighted by atomic mass is 32.1. The van der Waals surface area contributed by atoms with Crippen LogP contribution in [0.5, 0.6) is 0 Å². The fourth-order valence-corrected chi connectivity index (χ4v) is 2.56. The van der Waals surface area contributed by atoms with Gasteiger partial charge in [0.2, 0.25) is 0 Å². The van der Waals surface area contributed by atoms with Gasteiger partial charge in [-0.25, -0.2) is 9.37 Å². The van der Waals surface area contributed by atoms with Crippen molar-refractivity contribution in [3.63, 3.8) is 0 Å². The second-order valence-electron chi connectivity index (χ2n) is 4.26. The van der Waals surface area contributed by atoms with Crippen LogP contribution in [-0.4, -0.2) is 22.6 Å². The molecule has 4 nitrogen and oxygen atoms in total. The summed E-state index contributed by atoms with van der Waals surface area (Å²) in [6, 6.07) is 5.55. The Morgan fingerprint density at radius 1 is 1.53 bits per heavy atom. The highest BCUT2D eigenvalue weighted by Crippen LogP contribution is 2.28. The van der Waals surface area contributed by atoms with Crippen LogP contribution < -0.4 is 5.73 Å². The second-order valence-corrected chi connectivity index (χ2v) is 4.98. The van der Waals surface area contributed by atoms with Crippen molar-refractivity contribution in [1.29, 1.82) is 0 Å². The van der Waals surface area contributed by atoms with Gasteiger partial charge in [-0.2, -0.15) is 0 Å². The Morgan fingerprint density at radius 3 is 2.84 bits per heavy atom. The number of benzene rings is 1. The summed E-state index contributed by atoms with van der Waals surface area (Å²) in [4.78, 5) is 15.7. The molecule has 1 aromatic heterocycles. The van der Waals surface area contributed by atoms with Crippen LogP contribution in [0.3, 0.4) is 0 Å². The molecule has 0 saturated heterocycles. The molecule has 1 unspecified atom stereocenters. The number of carboxylic acids is 1. The number of halogens is 1. The zero-order chi connectivity index (χ0) is 13.9. The first-order valence-corrected chi connectivity index (χ1v) is 6.59. The number of nitrogens with zero attached hydrogens (tertiary/aromatic N) is 1. The first-order chi connectivity index (χ1) is 9.08. The monoisotopic (exact) mass is 280 g/mol. The van der Waals surface area contributed by atoms with E-state index in [9.17, 15) is 14.3 Å². The quantitative estimate of drug-likeness (QED) is 0.875. The Kier molecular flexibility index (Phi) is 3.92. The standard InChI is InChI=1S/C13H13FN2O2S/c14-10-3-1-2-9(4-10)13(7-15,12(17)18)5-11-6-19-8-16-11/h1-4,6,8H,5,7,15H2,(H,17,18). The molecule has 19 heavy (non-hydrogen) atoms. The Labute approximate surface area is 113 Å². The summed E-state index contributed by atoms with van der Waals surface area (Å²) >= 11 is 1.38. The molecule has 0 saturated carbocycles. The van der Waals surface area contributed by atoms with E-state index in [1.54, 1.807) is 17.0 Å². The molecule has 0 spiro atoms. The number of hydrogen-bond acceptors (Lipinski definition) is 4. The minimum Gasteiger partial charge on any atom is -0.481 e. The topological polar surface area (TPSA) is 76.2 Å². The Bertz CT molecular complexity index is 574. The SMILES string of the molecule is NCC(Cc1cscn1)(C(=O)O)c1cccc(F)c1. The Morgan fingerprint density at radius 2 is 2.32 bits per heavy atom. The van der Waals surface area contributed by atoms with E-state index in [0.29, 0.717) is 11.3 Å². The summed E-state index contributed by atoms with van der Waals surface area (Å²) in [5, 5.41) is 11.3. The summed E-state index contributed by atoms with van der Waals surface area (Å²) in [6.45, 7) is -0.122. The van der Waals surface area contributed by atoms with Gasteiger partial charge in [0.15, 0.2) is 0 Å². The maximum atomic E-state index is 13.3. The van der Waals surface area contributed by atoms with E-state index in [1.807, 2.05) is 0 Å². The van der Waals surface area contributed by atoms with Crippen molar-refractivity contribution in [2.24, 2.45) is 5.73 Å². The summed E-state index contributed by atoms with van der Waals surface area (Å²) in [6.07, 6.45) is 0.145. The highest BCUT2D eigenvalue weighted by molar-refractivity contribution is 7.07. The van der Waals surface area contributed by atoms with Crippen LogP contribution in [0.1, 0.15) is 11.3 Å². The first kappa shape index (κ1) is 13.6. The number of hydrogen-bond donors (Lipinski definition) is 2. The van der Waals surface area contributed by atoms with Gasteiger partial charge >= 0.3 is 5.97 Å². The third-order valence-corrected chi connectivity index (χ3v) is 3.74. The fraction of sp³-hybridized carbons (Fsp3) is 0.231. The van der Waals surface area contributed by atoms with Gasteiger partial charge in [0.05, 0.1) is 11.2 Å². The van der Waals surface area contributed by atoms with E-state index in [1.165, 1.54) is 29.5 Å². The molecule has 6 heteroatoms. The van der Waals surface area contributed by atoms with Crippen molar-refractivity contribution in [3.05, 3.63) is 52.2 Å². The van der Waals surface area contributed by atoms with E-state index < -0.39 is 17.2 Å². The molecule has 2 rings (SSSR count). The van der Waals surface area contributed by atoms with Crippen molar-refractivity contribution in [2.75, 3.05) is 6.54 Å². The van der Waals surface area contributed by atoms with Crippen LogP contribution in [0.2, 0.25) is 0 Å². The molecule has 2 aromatic rings. The molecule has 0 bridgehead atoms. The number of carbonyl (C=O) groups is 1. The third kappa shape index (κ3) is 2.64. The van der Waals surface area contributed by atoms with Gasteiger partial charge in [-0.15, -0.1) is 11.3 Å². The molecule has 3 N–H and O–H groups in total. The van der Waals surface area contributed by atoms with Crippen LogP contribution in [-0.2, 0) is 16.6 Å². The number of rotatable bonds is 5. The van der Waals surface area contributed by atoms with E-state index in [4.69, 9.17) is 5.73 Å². The lowest BCUT2D eigenvalue weighted by molar-refractivity contribution is -0.143. The smallest absolute Gasteiger partial charge is 0.315 e. The minimum absolute atomic E-state index is 0.122. The summed E-state index contributed by atoms with van der Waals surface area (Å²) in [7, 11) is 0. The van der Waals surface area contributed by atoms with Gasteiger partial charge in [-0.1, -0.05) is 12.1 Å². The zero-order valence-corrected chi connectivity index (χ0v) is 10.9. The molecule has 0 aliphatic carbocycles. The molecule has 1 heterocycles. The normalized spacial score (nSPS) is 14.0. The molecular formula is C13H13FN2O2S. The lowest BCUT2D eigenvalue weighted by Crippen LogP contribution is -2.45. The van der Waals surface area contributed by atoms with Crippen molar-refractivity contribution in [2.45, 2.75) is 11.8 Å². The molecule has 0 aliphatic rings. The number of nitrogens with two attached hydrogens (primary N) is 1. The van der Waals surface area contributed by atoms with Crippen molar-refractivity contribution >= 4 is 17.3 Å². The van der Waals surface area contributed by atoms with Gasteiger partial charge in [-0.05, 0) is 17.7 Å². The summed E-state index contributed by atoms with van der Waals surface area (Å²) < 4.78 is 13.3. The molecule has 0 amide bonds. The third-order valence-electron chi connectivity index (χ3n) is 3.10. The molecular weight excluding hydrogens is 267 g/mol. The van der Waals surface area contributed by atoms with Gasteiger partial charge in [0.1, 0.15) is 11.2 Å². The number of carboxylic acid groups (broad SMARTS) is 1. The van der Waals surface area contributed by atoms with Gasteiger partial charge in [0, 0.05) is 18.3 Å². The van der Waals surface area contributed by atoms with E-state index in [2.05, 4.69) is 4.98 Å². The highest BCUT2D eigenvalue weighted by Gasteiger charge is 2.40. The van der Waals surface area contributed by atoms with Crippen molar-refractivity contribution in [1.82, 2.24) is 4.98 Å². The lowest BCUT2D eigenvalue weighted by atomic mass is 9.77. The predicted octanol–water partition coefficient (Wildman–Crippen LogP) is 1.81. The fourth-order valence-electron chi connectivity index (χ4n) is 2.00. The van der Waals surface area contributed by atoms with Gasteiger partial charge in [-0.3, -0.25) is 4.79 Å². The van der Waals surface area contributed by atoms with Crippen molar-refractivity contribution < 1.29 is 14.3 Å². The van der Waals surface area contributed by atoms with E-state index in [-0.39, 0.29) is 13.0 Å².